The second-order valence-corrected chi connectivity index (χ2v) is 8.25. The van der Waals surface area contributed by atoms with Crippen LogP contribution in [-0.2, 0) is 17.9 Å². The average Bonchev–Trinajstić information content (AvgIpc) is 3.20. The number of nitrogens with zero attached hydrogens (tertiary/aromatic N) is 3. The van der Waals surface area contributed by atoms with Crippen molar-refractivity contribution in [3.05, 3.63) is 63.9 Å². The van der Waals surface area contributed by atoms with Crippen molar-refractivity contribution in [1.82, 2.24) is 20.1 Å². The summed E-state index contributed by atoms with van der Waals surface area (Å²) < 4.78 is 7.09. The number of carbonyl (C=O) groups excluding carboxylic acids is 2. The SMILES string of the molecule is CCn1c(CNC(=O)c2ccc(Cl)c(Cl)c2)nnc1SCC(=O)Nc1ccccc1OC. The Morgan fingerprint density at radius 2 is 1.91 bits per heavy atom. The Kier molecular flexibility index (Phi) is 8.38. The van der Waals surface area contributed by atoms with Crippen LogP contribution in [0.4, 0.5) is 5.69 Å². The third-order valence-corrected chi connectivity index (χ3v) is 6.12. The van der Waals surface area contributed by atoms with Crippen molar-refractivity contribution in [2.24, 2.45) is 0 Å². The van der Waals surface area contributed by atoms with Crippen molar-refractivity contribution in [2.45, 2.75) is 25.2 Å². The van der Waals surface area contributed by atoms with Gasteiger partial charge in [-0.3, -0.25) is 9.59 Å². The lowest BCUT2D eigenvalue weighted by Crippen LogP contribution is -2.24. The molecular formula is C21H21Cl2N5O3S. The molecule has 3 rings (SSSR count). The predicted octanol–water partition coefficient (Wildman–Crippen LogP) is 4.27. The number of ether oxygens (including phenoxy) is 1. The van der Waals surface area contributed by atoms with Crippen LogP contribution in [0.15, 0.2) is 47.6 Å². The van der Waals surface area contributed by atoms with Crippen LogP contribution in [0.25, 0.3) is 0 Å². The van der Waals surface area contributed by atoms with Gasteiger partial charge >= 0.3 is 0 Å². The molecule has 0 unspecified atom stereocenters. The molecule has 2 N–H and O–H groups in total. The number of nitrogens with one attached hydrogen (secondary N) is 2. The van der Waals surface area contributed by atoms with Crippen LogP contribution in [0.1, 0.15) is 23.1 Å². The topological polar surface area (TPSA) is 98.1 Å². The number of methoxy groups -OCH3 is 1. The maximum atomic E-state index is 12.4. The van der Waals surface area contributed by atoms with Gasteiger partial charge in [0.15, 0.2) is 11.0 Å². The lowest BCUT2D eigenvalue weighted by Gasteiger charge is -2.10. The fourth-order valence-corrected chi connectivity index (χ4v) is 3.96. The summed E-state index contributed by atoms with van der Waals surface area (Å²) in [6, 6.07) is 11.9. The lowest BCUT2D eigenvalue weighted by molar-refractivity contribution is -0.113. The first-order valence-electron chi connectivity index (χ1n) is 9.64. The first-order valence-corrected chi connectivity index (χ1v) is 11.4. The molecule has 8 nitrogen and oxygen atoms in total. The quantitative estimate of drug-likeness (QED) is 0.431. The van der Waals surface area contributed by atoms with E-state index >= 15 is 0 Å². The normalized spacial score (nSPS) is 10.6. The second-order valence-electron chi connectivity index (χ2n) is 6.49. The number of anilines is 1. The zero-order valence-corrected chi connectivity index (χ0v) is 19.7. The molecule has 11 heteroatoms. The van der Waals surface area contributed by atoms with Crippen LogP contribution in [0.2, 0.25) is 10.0 Å². The van der Waals surface area contributed by atoms with Crippen LogP contribution in [0.5, 0.6) is 5.75 Å². The molecular weight excluding hydrogens is 473 g/mol. The first kappa shape index (κ1) is 23.9. The van der Waals surface area contributed by atoms with Crippen molar-refractivity contribution in [3.63, 3.8) is 0 Å². The van der Waals surface area contributed by atoms with E-state index in [9.17, 15) is 9.59 Å². The molecule has 168 valence electrons. The molecule has 2 amide bonds. The molecule has 0 radical (unpaired) electrons. The Morgan fingerprint density at radius 1 is 1.12 bits per heavy atom. The molecule has 0 saturated heterocycles. The third-order valence-electron chi connectivity index (χ3n) is 4.41. The fourth-order valence-electron chi connectivity index (χ4n) is 2.84. The molecule has 32 heavy (non-hydrogen) atoms. The van der Waals surface area contributed by atoms with Gasteiger partial charge in [-0.25, -0.2) is 0 Å². The number of thioether (sulfide) groups is 1. The highest BCUT2D eigenvalue weighted by Gasteiger charge is 2.15. The molecule has 1 aromatic heterocycles. The predicted molar refractivity (Wildman–Crippen MR) is 126 cm³/mol. The molecule has 0 atom stereocenters. The smallest absolute Gasteiger partial charge is 0.251 e. The number of amides is 2. The van der Waals surface area contributed by atoms with Gasteiger partial charge in [0.1, 0.15) is 5.75 Å². The monoisotopic (exact) mass is 493 g/mol. The molecule has 0 saturated carbocycles. The minimum absolute atomic E-state index is 0.145. The van der Waals surface area contributed by atoms with Crippen LogP contribution in [0, 0.1) is 0 Å². The lowest BCUT2D eigenvalue weighted by atomic mass is 10.2. The van der Waals surface area contributed by atoms with E-state index in [-0.39, 0.29) is 24.1 Å². The van der Waals surface area contributed by atoms with Gasteiger partial charge in [-0.1, -0.05) is 47.1 Å². The van der Waals surface area contributed by atoms with E-state index in [1.807, 2.05) is 23.6 Å². The molecule has 0 aliphatic carbocycles. The summed E-state index contributed by atoms with van der Waals surface area (Å²) in [6.45, 7) is 2.70. The largest absolute Gasteiger partial charge is 0.495 e. The van der Waals surface area contributed by atoms with Crippen molar-refractivity contribution in [1.29, 1.82) is 0 Å². The van der Waals surface area contributed by atoms with Crippen molar-refractivity contribution >= 4 is 52.5 Å². The summed E-state index contributed by atoms with van der Waals surface area (Å²) in [5, 5.41) is 15.2. The minimum atomic E-state index is -0.306. The Morgan fingerprint density at radius 3 is 2.62 bits per heavy atom. The summed E-state index contributed by atoms with van der Waals surface area (Å²) in [4.78, 5) is 24.8. The molecule has 0 spiro atoms. The standard InChI is InChI=1S/C21H21Cl2N5O3S/c1-3-28-18(11-24-20(30)13-8-9-14(22)15(23)10-13)26-27-21(28)32-12-19(29)25-16-6-4-5-7-17(16)31-2/h4-10H,3,11-12H2,1-2H3,(H,24,30)(H,25,29). The number of rotatable bonds is 9. The highest BCUT2D eigenvalue weighted by molar-refractivity contribution is 7.99. The zero-order chi connectivity index (χ0) is 23.1. The second kappa shape index (κ2) is 11.2. The average molecular weight is 494 g/mol. The van der Waals surface area contributed by atoms with Gasteiger partial charge in [-0.15, -0.1) is 10.2 Å². The van der Waals surface area contributed by atoms with E-state index in [2.05, 4.69) is 20.8 Å². The Balaban J connectivity index is 1.58. The summed E-state index contributed by atoms with van der Waals surface area (Å²) in [5.41, 5.74) is 0.993. The molecule has 0 aliphatic heterocycles. The molecule has 2 aromatic carbocycles. The van der Waals surface area contributed by atoms with E-state index in [0.717, 1.165) is 0 Å². The number of hydrogen-bond donors (Lipinski definition) is 2. The Hall–Kier alpha value is -2.75. The van der Waals surface area contributed by atoms with Crippen LogP contribution in [0.3, 0.4) is 0 Å². The maximum absolute atomic E-state index is 12.4. The van der Waals surface area contributed by atoms with Crippen LogP contribution in [-0.4, -0.2) is 39.4 Å². The number of para-hydroxylation sites is 2. The summed E-state index contributed by atoms with van der Waals surface area (Å²) in [6.07, 6.45) is 0. The zero-order valence-electron chi connectivity index (χ0n) is 17.4. The molecule has 3 aromatic rings. The fraction of sp³-hybridized carbons (Fsp3) is 0.238. The number of carbonyl (C=O) groups is 2. The number of benzene rings is 2. The van der Waals surface area contributed by atoms with Crippen LogP contribution < -0.4 is 15.4 Å². The Bertz CT molecular complexity index is 1120. The van der Waals surface area contributed by atoms with Gasteiger partial charge in [0, 0.05) is 12.1 Å². The molecule has 1 heterocycles. The minimum Gasteiger partial charge on any atom is -0.495 e. The molecule has 0 aliphatic rings. The maximum Gasteiger partial charge on any atom is 0.251 e. The summed E-state index contributed by atoms with van der Waals surface area (Å²) in [5.74, 6) is 0.807. The van der Waals surface area contributed by atoms with Crippen molar-refractivity contribution in [3.8, 4) is 5.75 Å². The Labute approximate surface area is 199 Å². The first-order chi connectivity index (χ1) is 15.4. The molecule has 0 fully saturated rings. The third kappa shape index (κ3) is 5.93. The number of aromatic nitrogens is 3. The van der Waals surface area contributed by atoms with Crippen molar-refractivity contribution < 1.29 is 14.3 Å². The van der Waals surface area contributed by atoms with Gasteiger partial charge in [0.25, 0.3) is 5.91 Å². The van der Waals surface area contributed by atoms with E-state index in [1.165, 1.54) is 17.8 Å². The number of halogens is 2. The highest BCUT2D eigenvalue weighted by atomic mass is 35.5. The number of hydrogen-bond acceptors (Lipinski definition) is 6. The summed E-state index contributed by atoms with van der Waals surface area (Å²) >= 11 is 13.1. The van der Waals surface area contributed by atoms with Gasteiger partial charge in [0.05, 0.1) is 35.1 Å². The van der Waals surface area contributed by atoms with Gasteiger partial charge in [0.2, 0.25) is 5.91 Å². The van der Waals surface area contributed by atoms with E-state index < -0.39 is 0 Å². The highest BCUT2D eigenvalue weighted by Crippen LogP contribution is 2.24. The van der Waals surface area contributed by atoms with Crippen LogP contribution >= 0.6 is 35.0 Å². The van der Waals surface area contributed by atoms with E-state index in [0.29, 0.717) is 44.6 Å². The summed E-state index contributed by atoms with van der Waals surface area (Å²) in [7, 11) is 1.55. The van der Waals surface area contributed by atoms with E-state index in [4.69, 9.17) is 27.9 Å². The van der Waals surface area contributed by atoms with Gasteiger partial charge in [-0.2, -0.15) is 0 Å². The molecule has 0 bridgehead atoms. The van der Waals surface area contributed by atoms with E-state index in [1.54, 1.807) is 31.4 Å². The van der Waals surface area contributed by atoms with Gasteiger partial charge in [-0.05, 0) is 37.3 Å². The van der Waals surface area contributed by atoms with Crippen molar-refractivity contribution in [2.75, 3.05) is 18.2 Å². The van der Waals surface area contributed by atoms with Gasteiger partial charge < -0.3 is 19.9 Å².